The highest BCUT2D eigenvalue weighted by Gasteiger charge is 2.49. The maximum absolute atomic E-state index is 13.3. The van der Waals surface area contributed by atoms with Crippen LogP contribution < -0.4 is 9.64 Å². The second-order valence-electron chi connectivity index (χ2n) is 8.90. The number of halogens is 2. The molecule has 1 aromatic heterocycles. The Kier molecular flexibility index (Phi) is 7.51. The van der Waals surface area contributed by atoms with Gasteiger partial charge in [0.25, 0.3) is 5.91 Å². The van der Waals surface area contributed by atoms with Gasteiger partial charge in [-0.25, -0.2) is 0 Å². The SMILES string of the molecule is Cc1c(N2C(=O)C(C)(C)N(CCCOc3ccc(-c4ccncc4)c(Cl)c3)C2=S)ccc(C#N)c1Cl. The number of carbonyl (C=O) groups is 1. The molecular formula is C27H24Cl2N4O2S. The highest BCUT2D eigenvalue weighted by atomic mass is 35.5. The molecule has 0 saturated carbocycles. The summed E-state index contributed by atoms with van der Waals surface area (Å²) in [6, 6.07) is 14.8. The predicted molar refractivity (Wildman–Crippen MR) is 147 cm³/mol. The van der Waals surface area contributed by atoms with Crippen LogP contribution in [0.1, 0.15) is 31.4 Å². The fourth-order valence-corrected chi connectivity index (χ4v) is 5.17. The molecule has 1 amide bonds. The standard InChI is InChI=1S/C27H24Cl2N4O2S/c1-17-23(8-5-19(16-30)24(17)29)33-25(34)27(2,3)32(26(33)36)13-4-14-35-20-6-7-21(22(28)15-20)18-9-11-31-12-10-18/h5-12,15H,4,13-14H2,1-3H3. The molecule has 1 fully saturated rings. The van der Waals surface area contributed by atoms with Crippen molar-refractivity contribution in [3.63, 3.8) is 0 Å². The zero-order chi connectivity index (χ0) is 26.0. The molecule has 0 spiro atoms. The molecule has 1 saturated heterocycles. The third-order valence-corrected chi connectivity index (χ3v) is 7.47. The second-order valence-corrected chi connectivity index (χ2v) is 10.0. The average Bonchev–Trinajstić information content (AvgIpc) is 3.03. The summed E-state index contributed by atoms with van der Waals surface area (Å²) in [5, 5.41) is 10.6. The first-order valence-corrected chi connectivity index (χ1v) is 12.5. The Balaban J connectivity index is 1.42. The zero-order valence-electron chi connectivity index (χ0n) is 20.1. The lowest BCUT2D eigenvalue weighted by atomic mass is 10.0. The lowest BCUT2D eigenvalue weighted by Gasteiger charge is -2.29. The van der Waals surface area contributed by atoms with Crippen LogP contribution in [0.4, 0.5) is 5.69 Å². The van der Waals surface area contributed by atoms with E-state index in [-0.39, 0.29) is 5.91 Å². The van der Waals surface area contributed by atoms with E-state index in [2.05, 4.69) is 11.1 Å². The highest BCUT2D eigenvalue weighted by Crippen LogP contribution is 2.37. The van der Waals surface area contributed by atoms with Gasteiger partial charge in [0.1, 0.15) is 17.4 Å². The van der Waals surface area contributed by atoms with Crippen LogP contribution in [0.15, 0.2) is 54.9 Å². The van der Waals surface area contributed by atoms with Gasteiger partial charge >= 0.3 is 0 Å². The Labute approximate surface area is 226 Å². The van der Waals surface area contributed by atoms with Gasteiger partial charge in [-0.15, -0.1) is 0 Å². The molecule has 0 N–H and O–H groups in total. The number of anilines is 1. The first-order valence-electron chi connectivity index (χ1n) is 11.3. The predicted octanol–water partition coefficient (Wildman–Crippen LogP) is 6.42. The molecule has 2 heterocycles. The summed E-state index contributed by atoms with van der Waals surface area (Å²) in [6.45, 7) is 6.43. The number of amides is 1. The number of rotatable bonds is 7. The van der Waals surface area contributed by atoms with E-state index in [9.17, 15) is 10.1 Å². The monoisotopic (exact) mass is 538 g/mol. The van der Waals surface area contributed by atoms with Crippen LogP contribution in [0.2, 0.25) is 10.0 Å². The topological polar surface area (TPSA) is 69.5 Å². The summed E-state index contributed by atoms with van der Waals surface area (Å²) < 4.78 is 5.93. The fraction of sp³-hybridized carbons (Fsp3) is 0.259. The van der Waals surface area contributed by atoms with Crippen molar-refractivity contribution in [2.24, 2.45) is 0 Å². The fourth-order valence-electron chi connectivity index (χ4n) is 4.19. The summed E-state index contributed by atoms with van der Waals surface area (Å²) in [5.41, 5.74) is 2.65. The maximum Gasteiger partial charge on any atom is 0.258 e. The minimum Gasteiger partial charge on any atom is -0.493 e. The first-order chi connectivity index (χ1) is 17.2. The van der Waals surface area contributed by atoms with Crippen molar-refractivity contribution in [2.45, 2.75) is 32.7 Å². The van der Waals surface area contributed by atoms with Gasteiger partial charge in [0.2, 0.25) is 0 Å². The van der Waals surface area contributed by atoms with Crippen molar-refractivity contribution < 1.29 is 9.53 Å². The summed E-state index contributed by atoms with van der Waals surface area (Å²) in [7, 11) is 0. The normalized spacial score (nSPS) is 14.8. The van der Waals surface area contributed by atoms with E-state index in [4.69, 9.17) is 40.2 Å². The number of hydrogen-bond acceptors (Lipinski definition) is 5. The summed E-state index contributed by atoms with van der Waals surface area (Å²) in [5.74, 6) is 0.525. The van der Waals surface area contributed by atoms with E-state index in [1.165, 1.54) is 4.90 Å². The maximum atomic E-state index is 13.3. The van der Waals surface area contributed by atoms with Crippen LogP contribution in [0.25, 0.3) is 11.1 Å². The number of nitriles is 1. The molecule has 36 heavy (non-hydrogen) atoms. The number of hydrogen-bond donors (Lipinski definition) is 0. The molecule has 184 valence electrons. The van der Waals surface area contributed by atoms with E-state index in [0.29, 0.717) is 57.3 Å². The number of aromatic nitrogens is 1. The van der Waals surface area contributed by atoms with Crippen LogP contribution in [0, 0.1) is 18.3 Å². The minimum absolute atomic E-state index is 0.143. The van der Waals surface area contributed by atoms with Gasteiger partial charge in [-0.3, -0.25) is 14.7 Å². The van der Waals surface area contributed by atoms with Gasteiger partial charge in [-0.05, 0) is 93.0 Å². The first kappa shape index (κ1) is 25.9. The van der Waals surface area contributed by atoms with Crippen LogP contribution >= 0.6 is 35.4 Å². The average molecular weight is 539 g/mol. The Morgan fingerprint density at radius 2 is 1.86 bits per heavy atom. The van der Waals surface area contributed by atoms with Crippen LogP contribution in [-0.4, -0.2) is 39.6 Å². The van der Waals surface area contributed by atoms with Crippen LogP contribution in [-0.2, 0) is 4.79 Å². The molecule has 0 unspecified atom stereocenters. The lowest BCUT2D eigenvalue weighted by molar-refractivity contribution is -0.123. The Bertz CT molecular complexity index is 1370. The quantitative estimate of drug-likeness (QED) is 0.255. The molecule has 0 radical (unpaired) electrons. The zero-order valence-corrected chi connectivity index (χ0v) is 22.4. The molecule has 3 aromatic rings. The Hall–Kier alpha value is -3.18. The van der Waals surface area contributed by atoms with E-state index in [0.717, 1.165) is 11.1 Å². The van der Waals surface area contributed by atoms with Crippen LogP contribution in [0.3, 0.4) is 0 Å². The minimum atomic E-state index is -0.834. The highest BCUT2D eigenvalue weighted by molar-refractivity contribution is 7.80. The number of benzene rings is 2. The molecule has 2 aromatic carbocycles. The number of carbonyl (C=O) groups excluding carboxylic acids is 1. The molecule has 6 nitrogen and oxygen atoms in total. The Morgan fingerprint density at radius 3 is 2.53 bits per heavy atom. The van der Waals surface area contributed by atoms with E-state index < -0.39 is 5.54 Å². The van der Waals surface area contributed by atoms with E-state index >= 15 is 0 Å². The van der Waals surface area contributed by atoms with Crippen molar-refractivity contribution in [1.29, 1.82) is 5.26 Å². The van der Waals surface area contributed by atoms with E-state index in [1.807, 2.05) is 43.0 Å². The van der Waals surface area contributed by atoms with Crippen molar-refractivity contribution in [3.8, 4) is 22.9 Å². The number of nitrogens with zero attached hydrogens (tertiary/aromatic N) is 4. The molecular weight excluding hydrogens is 515 g/mol. The van der Waals surface area contributed by atoms with Crippen molar-refractivity contribution in [3.05, 3.63) is 76.0 Å². The smallest absolute Gasteiger partial charge is 0.258 e. The third kappa shape index (κ3) is 4.77. The van der Waals surface area contributed by atoms with Crippen molar-refractivity contribution in [1.82, 2.24) is 9.88 Å². The Morgan fingerprint density at radius 1 is 1.14 bits per heavy atom. The van der Waals surface area contributed by atoms with Gasteiger partial charge in [0.15, 0.2) is 5.11 Å². The molecule has 1 aliphatic rings. The lowest BCUT2D eigenvalue weighted by Crippen LogP contribution is -2.44. The molecule has 0 aliphatic carbocycles. The van der Waals surface area contributed by atoms with Gasteiger partial charge in [-0.1, -0.05) is 23.2 Å². The molecule has 9 heteroatoms. The summed E-state index contributed by atoms with van der Waals surface area (Å²) in [6.07, 6.45) is 4.09. The van der Waals surface area contributed by atoms with Crippen molar-refractivity contribution >= 4 is 52.1 Å². The molecule has 0 bridgehead atoms. The largest absolute Gasteiger partial charge is 0.493 e. The third-order valence-electron chi connectivity index (χ3n) is 6.27. The molecule has 4 rings (SSSR count). The van der Waals surface area contributed by atoms with Gasteiger partial charge < -0.3 is 9.64 Å². The van der Waals surface area contributed by atoms with Gasteiger partial charge in [0, 0.05) is 24.5 Å². The number of ether oxygens (including phenoxy) is 1. The second kappa shape index (κ2) is 10.4. The van der Waals surface area contributed by atoms with Gasteiger partial charge in [-0.2, -0.15) is 5.26 Å². The number of thiocarbonyl (C=S) groups is 1. The van der Waals surface area contributed by atoms with Gasteiger partial charge in [0.05, 0.1) is 27.9 Å². The van der Waals surface area contributed by atoms with Crippen molar-refractivity contribution in [2.75, 3.05) is 18.1 Å². The number of pyridine rings is 1. The molecule has 1 aliphatic heterocycles. The van der Waals surface area contributed by atoms with E-state index in [1.54, 1.807) is 37.5 Å². The summed E-state index contributed by atoms with van der Waals surface area (Å²) >= 11 is 18.5. The summed E-state index contributed by atoms with van der Waals surface area (Å²) in [4.78, 5) is 20.8. The van der Waals surface area contributed by atoms with Crippen LogP contribution in [0.5, 0.6) is 5.75 Å². The molecule has 0 atom stereocenters.